The molecule has 0 spiro atoms. The summed E-state index contributed by atoms with van der Waals surface area (Å²) in [6, 6.07) is 0.517. The standard InChI is InChI=1S/C12H22N2/c13-11-2-1-10-8-14-5-3-9(4-6-14)12(10)7-11/h9-12H,1-8,13H2. The number of piperidine rings is 1. The molecular weight excluding hydrogens is 172 g/mol. The zero-order chi connectivity index (χ0) is 9.54. The fourth-order valence-electron chi connectivity index (χ4n) is 4.00. The first kappa shape index (κ1) is 9.17. The van der Waals surface area contributed by atoms with Crippen molar-refractivity contribution in [1.29, 1.82) is 0 Å². The Kier molecular flexibility index (Phi) is 2.29. The minimum atomic E-state index is 0.517. The number of nitrogens with zero attached hydrogens (tertiary/aromatic N) is 1. The Bertz CT molecular complexity index is 208. The molecule has 0 aromatic rings. The van der Waals surface area contributed by atoms with Gasteiger partial charge in [-0.15, -0.1) is 0 Å². The highest BCUT2D eigenvalue weighted by Crippen LogP contribution is 2.42. The molecule has 14 heavy (non-hydrogen) atoms. The first-order valence-electron chi connectivity index (χ1n) is 6.31. The first-order valence-corrected chi connectivity index (χ1v) is 6.31. The van der Waals surface area contributed by atoms with Crippen molar-refractivity contribution in [2.45, 2.75) is 38.1 Å². The number of hydrogen-bond donors (Lipinski definition) is 1. The lowest BCUT2D eigenvalue weighted by atomic mass is 9.70. The molecule has 1 aliphatic carbocycles. The summed E-state index contributed by atoms with van der Waals surface area (Å²) in [4.78, 5) is 2.69. The maximum Gasteiger partial charge on any atom is 0.00417 e. The number of fused-ring (bicyclic) bond motifs is 2. The third kappa shape index (κ3) is 1.49. The predicted molar refractivity (Wildman–Crippen MR) is 58.0 cm³/mol. The largest absolute Gasteiger partial charge is 0.328 e. The van der Waals surface area contributed by atoms with Crippen LogP contribution in [-0.4, -0.2) is 30.6 Å². The zero-order valence-corrected chi connectivity index (χ0v) is 8.99. The summed E-state index contributed by atoms with van der Waals surface area (Å²) in [6.07, 6.45) is 6.91. The van der Waals surface area contributed by atoms with E-state index in [2.05, 4.69) is 4.90 Å². The van der Waals surface area contributed by atoms with Crippen LogP contribution in [0.25, 0.3) is 0 Å². The summed E-state index contributed by atoms with van der Waals surface area (Å²) in [7, 11) is 0. The van der Waals surface area contributed by atoms with Crippen LogP contribution in [0.2, 0.25) is 0 Å². The molecular formula is C12H22N2. The summed E-state index contributed by atoms with van der Waals surface area (Å²) in [6.45, 7) is 4.12. The van der Waals surface area contributed by atoms with Crippen molar-refractivity contribution in [1.82, 2.24) is 4.90 Å². The van der Waals surface area contributed by atoms with Crippen LogP contribution >= 0.6 is 0 Å². The summed E-state index contributed by atoms with van der Waals surface area (Å²) in [5.41, 5.74) is 6.11. The molecule has 2 nitrogen and oxygen atoms in total. The molecule has 2 heteroatoms. The molecule has 0 aromatic carbocycles. The van der Waals surface area contributed by atoms with Crippen molar-refractivity contribution < 1.29 is 0 Å². The van der Waals surface area contributed by atoms with Gasteiger partial charge in [0.25, 0.3) is 0 Å². The Morgan fingerprint density at radius 1 is 0.929 bits per heavy atom. The van der Waals surface area contributed by atoms with Gasteiger partial charge in [-0.1, -0.05) is 0 Å². The van der Waals surface area contributed by atoms with Crippen molar-refractivity contribution in [2.24, 2.45) is 23.5 Å². The molecule has 4 fully saturated rings. The molecule has 4 aliphatic rings. The maximum atomic E-state index is 6.11. The molecule has 2 N–H and O–H groups in total. The SMILES string of the molecule is NC1CCC2CN3CCC(CC3)C2C1. The van der Waals surface area contributed by atoms with Gasteiger partial charge in [-0.2, -0.15) is 0 Å². The molecule has 2 bridgehead atoms. The molecule has 0 amide bonds. The van der Waals surface area contributed by atoms with E-state index in [1.807, 2.05) is 0 Å². The van der Waals surface area contributed by atoms with Crippen molar-refractivity contribution in [2.75, 3.05) is 19.6 Å². The number of hydrogen-bond acceptors (Lipinski definition) is 2. The molecule has 0 radical (unpaired) electrons. The summed E-state index contributed by atoms with van der Waals surface area (Å²) in [5, 5.41) is 0. The van der Waals surface area contributed by atoms with Crippen LogP contribution in [0.3, 0.4) is 0 Å². The summed E-state index contributed by atoms with van der Waals surface area (Å²) >= 11 is 0. The minimum absolute atomic E-state index is 0.517. The molecule has 3 heterocycles. The van der Waals surface area contributed by atoms with Gasteiger partial charge in [0.05, 0.1) is 0 Å². The van der Waals surface area contributed by atoms with Gasteiger partial charge >= 0.3 is 0 Å². The van der Waals surface area contributed by atoms with E-state index in [1.165, 1.54) is 51.7 Å². The van der Waals surface area contributed by atoms with E-state index in [9.17, 15) is 0 Å². The Balaban J connectivity index is 1.80. The molecule has 0 aromatic heterocycles. The van der Waals surface area contributed by atoms with Crippen LogP contribution < -0.4 is 5.73 Å². The van der Waals surface area contributed by atoms with Gasteiger partial charge in [0.15, 0.2) is 0 Å². The van der Waals surface area contributed by atoms with Crippen molar-refractivity contribution in [3.8, 4) is 0 Å². The van der Waals surface area contributed by atoms with Crippen LogP contribution in [0.4, 0.5) is 0 Å². The van der Waals surface area contributed by atoms with Crippen LogP contribution in [0.1, 0.15) is 32.1 Å². The highest BCUT2D eigenvalue weighted by molar-refractivity contribution is 4.93. The van der Waals surface area contributed by atoms with E-state index < -0.39 is 0 Å². The minimum Gasteiger partial charge on any atom is -0.328 e. The topological polar surface area (TPSA) is 29.3 Å². The number of rotatable bonds is 0. The fourth-order valence-corrected chi connectivity index (χ4v) is 4.00. The van der Waals surface area contributed by atoms with Crippen molar-refractivity contribution in [3.05, 3.63) is 0 Å². The van der Waals surface area contributed by atoms with Crippen molar-refractivity contribution in [3.63, 3.8) is 0 Å². The molecule has 1 saturated carbocycles. The zero-order valence-electron chi connectivity index (χ0n) is 8.99. The second kappa shape index (κ2) is 3.49. The van der Waals surface area contributed by atoms with E-state index in [0.717, 1.165) is 17.8 Å². The quantitative estimate of drug-likeness (QED) is 0.632. The molecule has 3 saturated heterocycles. The van der Waals surface area contributed by atoms with Gasteiger partial charge in [-0.05, 0) is 62.9 Å². The average molecular weight is 194 g/mol. The van der Waals surface area contributed by atoms with Gasteiger partial charge in [0.1, 0.15) is 0 Å². The van der Waals surface area contributed by atoms with E-state index in [1.54, 1.807) is 0 Å². The number of nitrogens with two attached hydrogens (primary N) is 1. The van der Waals surface area contributed by atoms with Crippen LogP contribution in [-0.2, 0) is 0 Å². The van der Waals surface area contributed by atoms with Crippen LogP contribution in [0.5, 0.6) is 0 Å². The summed E-state index contributed by atoms with van der Waals surface area (Å²) < 4.78 is 0. The normalized spacial score (nSPS) is 52.5. The Morgan fingerprint density at radius 2 is 1.71 bits per heavy atom. The molecule has 3 aliphatic heterocycles. The third-order valence-electron chi connectivity index (χ3n) is 4.82. The first-order chi connectivity index (χ1) is 6.83. The fraction of sp³-hybridized carbons (Fsp3) is 1.00. The lowest BCUT2D eigenvalue weighted by molar-refractivity contribution is 0.162. The highest BCUT2D eigenvalue weighted by Gasteiger charge is 2.40. The van der Waals surface area contributed by atoms with Gasteiger partial charge in [-0.25, -0.2) is 0 Å². The molecule has 3 atom stereocenters. The molecule has 4 rings (SSSR count). The smallest absolute Gasteiger partial charge is 0.00417 e. The summed E-state index contributed by atoms with van der Waals surface area (Å²) in [5.74, 6) is 2.99. The van der Waals surface area contributed by atoms with Crippen LogP contribution in [0, 0.1) is 17.8 Å². The lowest BCUT2D eigenvalue weighted by Crippen LogP contribution is -2.37. The Morgan fingerprint density at radius 3 is 2.50 bits per heavy atom. The lowest BCUT2D eigenvalue weighted by Gasteiger charge is -2.36. The maximum absolute atomic E-state index is 6.11. The highest BCUT2D eigenvalue weighted by atomic mass is 15.1. The average Bonchev–Trinajstić information content (AvgIpc) is 2.47. The van der Waals surface area contributed by atoms with Gasteiger partial charge in [0.2, 0.25) is 0 Å². The monoisotopic (exact) mass is 194 g/mol. The molecule has 80 valence electrons. The van der Waals surface area contributed by atoms with E-state index in [-0.39, 0.29) is 0 Å². The second-order valence-electron chi connectivity index (χ2n) is 5.64. The Labute approximate surface area is 86.8 Å². The van der Waals surface area contributed by atoms with Gasteiger partial charge in [0, 0.05) is 12.6 Å². The van der Waals surface area contributed by atoms with Gasteiger partial charge < -0.3 is 10.6 Å². The van der Waals surface area contributed by atoms with Gasteiger partial charge in [-0.3, -0.25) is 0 Å². The predicted octanol–water partition coefficient (Wildman–Crippen LogP) is 1.46. The van der Waals surface area contributed by atoms with E-state index >= 15 is 0 Å². The van der Waals surface area contributed by atoms with Crippen LogP contribution in [0.15, 0.2) is 0 Å². The van der Waals surface area contributed by atoms with E-state index in [4.69, 9.17) is 5.73 Å². The van der Waals surface area contributed by atoms with Crippen molar-refractivity contribution >= 4 is 0 Å². The Hall–Kier alpha value is -0.0800. The molecule has 3 unspecified atom stereocenters. The second-order valence-corrected chi connectivity index (χ2v) is 5.64. The van der Waals surface area contributed by atoms with E-state index in [0.29, 0.717) is 6.04 Å². The third-order valence-corrected chi connectivity index (χ3v) is 4.82.